The number of allylic oxidation sites excluding steroid dienone is 3. The maximum atomic E-state index is 11.8. The van der Waals surface area contributed by atoms with Crippen molar-refractivity contribution >= 4 is 20.1 Å². The third-order valence-corrected chi connectivity index (χ3v) is 11.5. The maximum absolute atomic E-state index is 11.8. The topological polar surface area (TPSA) is 52.6 Å². The molecule has 0 aliphatic carbocycles. The summed E-state index contributed by atoms with van der Waals surface area (Å²) >= 11 is 0. The van der Waals surface area contributed by atoms with Crippen LogP contribution in [0.15, 0.2) is 23.8 Å². The van der Waals surface area contributed by atoms with E-state index in [4.69, 9.17) is 9.16 Å². The summed E-state index contributed by atoms with van der Waals surface area (Å²) in [5, 5.41) is 0. The van der Waals surface area contributed by atoms with Gasteiger partial charge in [-0.1, -0.05) is 66.2 Å². The van der Waals surface area contributed by atoms with Crippen LogP contribution in [0.2, 0.25) is 16.6 Å². The van der Waals surface area contributed by atoms with Crippen molar-refractivity contribution in [2.24, 2.45) is 5.92 Å². The van der Waals surface area contributed by atoms with Crippen molar-refractivity contribution in [3.63, 3.8) is 0 Å². The van der Waals surface area contributed by atoms with Crippen molar-refractivity contribution in [3.05, 3.63) is 23.8 Å². The summed E-state index contributed by atoms with van der Waals surface area (Å²) in [6.07, 6.45) is 6.20. The van der Waals surface area contributed by atoms with E-state index in [2.05, 4.69) is 54.5 Å². The molecule has 1 atom stereocenters. The lowest BCUT2D eigenvalue weighted by atomic mass is 10.0. The molecule has 0 bridgehead atoms. The summed E-state index contributed by atoms with van der Waals surface area (Å²) in [5.74, 6) is -0.398. The molecular weight excluding hydrogens is 368 g/mol. The highest BCUT2D eigenvalue weighted by atomic mass is 28.4. The van der Waals surface area contributed by atoms with E-state index in [0.29, 0.717) is 29.1 Å². The first kappa shape index (κ1) is 26.8. The third kappa shape index (κ3) is 8.44. The van der Waals surface area contributed by atoms with Crippen LogP contribution in [0.1, 0.15) is 75.2 Å². The molecule has 0 heterocycles. The Morgan fingerprint density at radius 3 is 1.89 bits per heavy atom. The zero-order valence-electron chi connectivity index (χ0n) is 19.5. The fraction of sp³-hybridized carbons (Fsp3) is 0.739. The van der Waals surface area contributed by atoms with Crippen LogP contribution in [0.5, 0.6) is 0 Å². The van der Waals surface area contributed by atoms with Crippen LogP contribution in [0, 0.1) is 5.92 Å². The second-order valence-electron chi connectivity index (χ2n) is 8.49. The number of ketones is 1. The minimum absolute atomic E-state index is 0.205. The largest absolute Gasteiger partial charge is 0.466 e. The lowest BCUT2D eigenvalue weighted by molar-refractivity contribution is -0.144. The molecule has 28 heavy (non-hydrogen) atoms. The molecule has 0 aromatic heterocycles. The lowest BCUT2D eigenvalue weighted by Crippen LogP contribution is -2.48. The van der Waals surface area contributed by atoms with E-state index in [-0.39, 0.29) is 12.2 Å². The van der Waals surface area contributed by atoms with Crippen LogP contribution in [0.25, 0.3) is 0 Å². The Kier molecular flexibility index (Phi) is 12.5. The maximum Gasteiger partial charge on any atom is 0.313 e. The van der Waals surface area contributed by atoms with Gasteiger partial charge in [-0.15, -0.1) is 0 Å². The van der Waals surface area contributed by atoms with Gasteiger partial charge in [-0.2, -0.15) is 0 Å². The van der Waals surface area contributed by atoms with Gasteiger partial charge in [-0.3, -0.25) is 9.59 Å². The summed E-state index contributed by atoms with van der Waals surface area (Å²) in [5.41, 5.74) is 2.71. The van der Waals surface area contributed by atoms with Gasteiger partial charge in [0.2, 0.25) is 0 Å². The van der Waals surface area contributed by atoms with Crippen LogP contribution < -0.4 is 0 Å². The molecule has 0 saturated heterocycles. The second-order valence-corrected chi connectivity index (χ2v) is 13.9. The zero-order valence-corrected chi connectivity index (χ0v) is 20.5. The van der Waals surface area contributed by atoms with Crippen molar-refractivity contribution in [2.75, 3.05) is 13.2 Å². The number of esters is 1. The standard InChI is InChI=1S/C23H42O4Si/c1-10-21(16-27-28(17(3)4,18(5)6)19(7)8)14-20(9)12-13-22(24)15-23(25)26-11-2/h12-14,17-19,21H,10-11,15-16H2,1-9H3/b13-12+,20-14+/t21-/m1/s1. The van der Waals surface area contributed by atoms with E-state index in [1.54, 1.807) is 13.0 Å². The van der Waals surface area contributed by atoms with Crippen LogP contribution in [0.3, 0.4) is 0 Å². The Labute approximate surface area is 173 Å². The average molecular weight is 411 g/mol. The molecule has 4 nitrogen and oxygen atoms in total. The molecule has 162 valence electrons. The molecule has 0 aliphatic rings. The predicted octanol–water partition coefficient (Wildman–Crippen LogP) is 6.23. The number of hydrogen-bond acceptors (Lipinski definition) is 4. The van der Waals surface area contributed by atoms with E-state index >= 15 is 0 Å². The van der Waals surface area contributed by atoms with Gasteiger partial charge in [0, 0.05) is 6.61 Å². The van der Waals surface area contributed by atoms with Gasteiger partial charge in [0.1, 0.15) is 6.42 Å². The number of hydrogen-bond donors (Lipinski definition) is 0. The quantitative estimate of drug-likeness (QED) is 0.119. The first-order valence-corrected chi connectivity index (χ1v) is 12.8. The summed E-state index contributed by atoms with van der Waals surface area (Å²) in [6.45, 7) is 20.7. The highest BCUT2D eigenvalue weighted by molar-refractivity contribution is 6.77. The highest BCUT2D eigenvalue weighted by Crippen LogP contribution is 2.42. The smallest absolute Gasteiger partial charge is 0.313 e. The van der Waals surface area contributed by atoms with E-state index in [1.807, 2.05) is 6.92 Å². The number of ether oxygens (including phenoxy) is 1. The third-order valence-electron chi connectivity index (χ3n) is 5.43. The summed E-state index contributed by atoms with van der Waals surface area (Å²) < 4.78 is 11.5. The van der Waals surface area contributed by atoms with Crippen LogP contribution >= 0.6 is 0 Å². The van der Waals surface area contributed by atoms with Gasteiger partial charge in [0.25, 0.3) is 0 Å². The Morgan fingerprint density at radius 2 is 1.46 bits per heavy atom. The molecule has 0 N–H and O–H groups in total. The average Bonchev–Trinajstić information content (AvgIpc) is 2.58. The fourth-order valence-electron chi connectivity index (χ4n) is 4.10. The van der Waals surface area contributed by atoms with Crippen molar-refractivity contribution < 1.29 is 18.8 Å². The molecule has 0 spiro atoms. The lowest BCUT2D eigenvalue weighted by Gasteiger charge is -2.42. The van der Waals surface area contributed by atoms with Crippen LogP contribution in [0.4, 0.5) is 0 Å². The van der Waals surface area contributed by atoms with Gasteiger partial charge in [0.15, 0.2) is 14.1 Å². The van der Waals surface area contributed by atoms with E-state index in [9.17, 15) is 9.59 Å². The molecule has 0 rings (SSSR count). The predicted molar refractivity (Wildman–Crippen MR) is 120 cm³/mol. The first-order chi connectivity index (χ1) is 13.0. The minimum Gasteiger partial charge on any atom is -0.466 e. The molecule has 0 amide bonds. The van der Waals surface area contributed by atoms with Gasteiger partial charge in [0.05, 0.1) is 6.61 Å². The summed E-state index contributed by atoms with van der Waals surface area (Å²) in [6, 6.07) is 0. The SMILES string of the molecule is CCOC(=O)CC(=O)/C=C/C(C)=C/[C@@H](CC)CO[Si](C(C)C)(C(C)C)C(C)C. The summed E-state index contributed by atoms with van der Waals surface area (Å²) in [4.78, 5) is 23.2. The van der Waals surface area contributed by atoms with Crippen LogP contribution in [-0.2, 0) is 18.8 Å². The van der Waals surface area contributed by atoms with Gasteiger partial charge >= 0.3 is 5.97 Å². The molecule has 0 fully saturated rings. The first-order valence-electron chi connectivity index (χ1n) is 10.7. The number of carbonyl (C=O) groups excluding carboxylic acids is 2. The van der Waals surface area contributed by atoms with Gasteiger partial charge < -0.3 is 9.16 Å². The van der Waals surface area contributed by atoms with Crippen molar-refractivity contribution in [1.29, 1.82) is 0 Å². The van der Waals surface area contributed by atoms with Crippen molar-refractivity contribution in [3.8, 4) is 0 Å². The van der Waals surface area contributed by atoms with Crippen molar-refractivity contribution in [2.45, 2.75) is 91.8 Å². The molecule has 0 radical (unpaired) electrons. The Morgan fingerprint density at radius 1 is 0.929 bits per heavy atom. The summed E-state index contributed by atoms with van der Waals surface area (Å²) in [7, 11) is -1.87. The molecule has 0 aromatic rings. The normalized spacial score (nSPS) is 14.4. The molecule has 0 aromatic carbocycles. The monoisotopic (exact) mass is 410 g/mol. The molecule has 0 aliphatic heterocycles. The zero-order chi connectivity index (χ0) is 21.9. The second kappa shape index (κ2) is 13.1. The van der Waals surface area contributed by atoms with E-state index in [0.717, 1.165) is 18.6 Å². The Balaban J connectivity index is 5.05. The van der Waals surface area contributed by atoms with E-state index < -0.39 is 14.3 Å². The molecule has 0 saturated carbocycles. The van der Waals surface area contributed by atoms with Crippen LogP contribution in [-0.4, -0.2) is 33.3 Å². The number of carbonyl (C=O) groups is 2. The fourth-order valence-corrected chi connectivity index (χ4v) is 9.60. The Hall–Kier alpha value is -1.20. The molecular formula is C23H42O4Si. The highest BCUT2D eigenvalue weighted by Gasteiger charge is 2.45. The van der Waals surface area contributed by atoms with Crippen molar-refractivity contribution in [1.82, 2.24) is 0 Å². The Bertz CT molecular complexity index is 525. The van der Waals surface area contributed by atoms with Gasteiger partial charge in [-0.05, 0) is 48.9 Å². The van der Waals surface area contributed by atoms with E-state index in [1.165, 1.54) is 6.08 Å². The van der Waals surface area contributed by atoms with Gasteiger partial charge in [-0.25, -0.2) is 0 Å². The molecule has 0 unspecified atom stereocenters. The minimum atomic E-state index is -1.87. The number of rotatable bonds is 13. The molecule has 5 heteroatoms.